The highest BCUT2D eigenvalue weighted by molar-refractivity contribution is 7.14. The molecule has 6 nitrogen and oxygen atoms in total. The minimum atomic E-state index is 0.0637. The van der Waals surface area contributed by atoms with Crippen molar-refractivity contribution in [1.29, 1.82) is 0 Å². The minimum absolute atomic E-state index is 0.0637. The Kier molecular flexibility index (Phi) is 4.93. The van der Waals surface area contributed by atoms with Gasteiger partial charge in [-0.3, -0.25) is 4.79 Å². The van der Waals surface area contributed by atoms with E-state index < -0.39 is 0 Å². The van der Waals surface area contributed by atoms with E-state index in [-0.39, 0.29) is 11.8 Å². The van der Waals surface area contributed by atoms with Crippen molar-refractivity contribution in [3.05, 3.63) is 29.4 Å². The first kappa shape index (κ1) is 18.1. The standard InChI is InChI=1S/C19H22BN5OS/c1-11-23-24-19(27-11)13-3-4-14-10-21-17(16(20)15(14)9-13)22-18(26)12-5-7-25(2)8-6-12/h3-4,9-10,12H,5-8,20H2,1-2H3,(H,21,22,26). The zero-order valence-corrected chi connectivity index (χ0v) is 16.6. The summed E-state index contributed by atoms with van der Waals surface area (Å²) in [5, 5.41) is 15.4. The van der Waals surface area contributed by atoms with Gasteiger partial charge in [0.2, 0.25) is 5.91 Å². The Bertz CT molecular complexity index is 997. The number of nitrogens with one attached hydrogen (secondary N) is 1. The molecule has 1 N–H and O–H groups in total. The van der Waals surface area contributed by atoms with Crippen LogP contribution in [0.2, 0.25) is 0 Å². The summed E-state index contributed by atoms with van der Waals surface area (Å²) in [6, 6.07) is 6.20. The normalized spacial score (nSPS) is 15.9. The first-order chi connectivity index (χ1) is 13.0. The Morgan fingerprint density at radius 2 is 2.07 bits per heavy atom. The van der Waals surface area contributed by atoms with Crippen molar-refractivity contribution in [2.75, 3.05) is 25.5 Å². The first-order valence-electron chi connectivity index (χ1n) is 9.20. The Balaban J connectivity index is 1.61. The topological polar surface area (TPSA) is 71.0 Å². The molecule has 0 aliphatic carbocycles. The second kappa shape index (κ2) is 7.36. The number of carbonyl (C=O) groups is 1. The van der Waals surface area contributed by atoms with Gasteiger partial charge in [-0.05, 0) is 62.2 Å². The van der Waals surface area contributed by atoms with Crippen molar-refractivity contribution < 1.29 is 4.79 Å². The van der Waals surface area contributed by atoms with Gasteiger partial charge in [0, 0.05) is 17.7 Å². The number of benzene rings is 1. The third-order valence-electron chi connectivity index (χ3n) is 5.25. The number of likely N-dealkylation sites (tertiary alicyclic amines) is 1. The summed E-state index contributed by atoms with van der Waals surface area (Å²) in [5.41, 5.74) is 2.02. The van der Waals surface area contributed by atoms with Gasteiger partial charge in [0.05, 0.1) is 0 Å². The van der Waals surface area contributed by atoms with E-state index in [9.17, 15) is 4.79 Å². The highest BCUT2D eigenvalue weighted by Crippen LogP contribution is 2.27. The van der Waals surface area contributed by atoms with Gasteiger partial charge in [-0.1, -0.05) is 23.5 Å². The van der Waals surface area contributed by atoms with Crippen LogP contribution in [0.4, 0.5) is 5.82 Å². The SMILES string of the molecule is Bc1c(NC(=O)C2CCN(C)CC2)ncc2ccc(-c3nnc(C)s3)cc12. The number of hydrogen-bond donors (Lipinski definition) is 1. The van der Waals surface area contributed by atoms with E-state index in [1.165, 1.54) is 0 Å². The fraction of sp³-hybridized carbons (Fsp3) is 0.368. The molecule has 2 aromatic heterocycles. The molecule has 0 radical (unpaired) electrons. The van der Waals surface area contributed by atoms with Crippen LogP contribution in [0.1, 0.15) is 17.8 Å². The van der Waals surface area contributed by atoms with E-state index in [4.69, 9.17) is 0 Å². The highest BCUT2D eigenvalue weighted by atomic mass is 32.1. The van der Waals surface area contributed by atoms with Crippen LogP contribution >= 0.6 is 11.3 Å². The smallest absolute Gasteiger partial charge is 0.228 e. The van der Waals surface area contributed by atoms with Gasteiger partial charge in [-0.15, -0.1) is 10.2 Å². The number of nitrogens with zero attached hydrogens (tertiary/aromatic N) is 4. The summed E-state index contributed by atoms with van der Waals surface area (Å²) in [6.45, 7) is 3.88. The third kappa shape index (κ3) is 3.72. The van der Waals surface area contributed by atoms with Crippen LogP contribution in [0.5, 0.6) is 0 Å². The number of fused-ring (bicyclic) bond motifs is 1. The zero-order valence-electron chi connectivity index (χ0n) is 15.8. The Labute approximate surface area is 163 Å². The molecule has 3 heterocycles. The van der Waals surface area contributed by atoms with E-state index in [1.807, 2.05) is 33.1 Å². The average Bonchev–Trinajstić information content (AvgIpc) is 3.11. The molecule has 1 aliphatic heterocycles. The van der Waals surface area contributed by atoms with Crippen LogP contribution in [0.3, 0.4) is 0 Å². The molecule has 138 valence electrons. The van der Waals surface area contributed by atoms with Crippen LogP contribution in [0.15, 0.2) is 24.4 Å². The molecule has 1 fully saturated rings. The Hall–Kier alpha value is -2.32. The number of anilines is 1. The van der Waals surface area contributed by atoms with Crippen LogP contribution in [-0.4, -0.2) is 54.0 Å². The van der Waals surface area contributed by atoms with Crippen molar-refractivity contribution in [3.8, 4) is 10.6 Å². The number of rotatable bonds is 3. The maximum absolute atomic E-state index is 12.7. The number of pyridine rings is 1. The molecular formula is C19H22BN5OS. The lowest BCUT2D eigenvalue weighted by molar-refractivity contribution is -0.121. The molecule has 3 aromatic rings. The molecule has 0 spiro atoms. The lowest BCUT2D eigenvalue weighted by Crippen LogP contribution is -2.36. The lowest BCUT2D eigenvalue weighted by atomic mass is 9.89. The molecule has 8 heteroatoms. The number of carbonyl (C=O) groups excluding carboxylic acids is 1. The number of hydrogen-bond acceptors (Lipinski definition) is 6. The van der Waals surface area contributed by atoms with Gasteiger partial charge in [0.25, 0.3) is 0 Å². The lowest BCUT2D eigenvalue weighted by Gasteiger charge is -2.28. The average molecular weight is 379 g/mol. The summed E-state index contributed by atoms with van der Waals surface area (Å²) < 4.78 is 0. The molecule has 27 heavy (non-hydrogen) atoms. The summed E-state index contributed by atoms with van der Waals surface area (Å²) in [4.78, 5) is 19.4. The van der Waals surface area contributed by atoms with E-state index in [1.54, 1.807) is 11.3 Å². The van der Waals surface area contributed by atoms with Gasteiger partial charge in [0.15, 0.2) is 0 Å². The Morgan fingerprint density at radius 1 is 1.30 bits per heavy atom. The number of amides is 1. The fourth-order valence-electron chi connectivity index (χ4n) is 3.51. The molecule has 1 aromatic carbocycles. The molecule has 0 unspecified atom stereocenters. The quantitative estimate of drug-likeness (QED) is 0.700. The molecule has 1 saturated heterocycles. The first-order valence-corrected chi connectivity index (χ1v) is 10.0. The summed E-state index contributed by atoms with van der Waals surface area (Å²) >= 11 is 1.58. The molecule has 0 saturated carbocycles. The number of aromatic nitrogens is 3. The summed E-state index contributed by atoms with van der Waals surface area (Å²) in [7, 11) is 4.11. The van der Waals surface area contributed by atoms with Crippen LogP contribution in [-0.2, 0) is 4.79 Å². The van der Waals surface area contributed by atoms with Gasteiger partial charge < -0.3 is 10.2 Å². The van der Waals surface area contributed by atoms with Crippen molar-refractivity contribution in [2.45, 2.75) is 19.8 Å². The van der Waals surface area contributed by atoms with Crippen LogP contribution in [0.25, 0.3) is 21.3 Å². The second-order valence-corrected chi connectivity index (χ2v) is 8.41. The van der Waals surface area contributed by atoms with Crippen LogP contribution < -0.4 is 10.8 Å². The highest BCUT2D eigenvalue weighted by Gasteiger charge is 2.24. The monoisotopic (exact) mass is 379 g/mol. The Morgan fingerprint density at radius 3 is 2.78 bits per heavy atom. The van der Waals surface area contributed by atoms with E-state index in [0.29, 0.717) is 5.82 Å². The predicted octanol–water partition coefficient (Wildman–Crippen LogP) is 1.60. The minimum Gasteiger partial charge on any atom is -0.311 e. The van der Waals surface area contributed by atoms with Gasteiger partial charge in [-0.2, -0.15) is 0 Å². The fourth-order valence-corrected chi connectivity index (χ4v) is 4.20. The van der Waals surface area contributed by atoms with Crippen LogP contribution in [0, 0.1) is 12.8 Å². The number of aryl methyl sites for hydroxylation is 1. The molecule has 0 bridgehead atoms. The van der Waals surface area contributed by atoms with Gasteiger partial charge >= 0.3 is 0 Å². The van der Waals surface area contributed by atoms with Gasteiger partial charge in [0.1, 0.15) is 23.7 Å². The van der Waals surface area contributed by atoms with Crippen molar-refractivity contribution in [3.63, 3.8) is 0 Å². The predicted molar refractivity (Wildman–Crippen MR) is 112 cm³/mol. The summed E-state index contributed by atoms with van der Waals surface area (Å²) in [5.74, 6) is 0.791. The van der Waals surface area contributed by atoms with E-state index >= 15 is 0 Å². The maximum Gasteiger partial charge on any atom is 0.228 e. The van der Waals surface area contributed by atoms with E-state index in [0.717, 1.165) is 57.7 Å². The van der Waals surface area contributed by atoms with Crippen molar-refractivity contribution >= 4 is 47.1 Å². The summed E-state index contributed by atoms with van der Waals surface area (Å²) in [6.07, 6.45) is 3.62. The third-order valence-corrected chi connectivity index (χ3v) is 6.14. The molecular weight excluding hydrogens is 357 g/mol. The largest absolute Gasteiger partial charge is 0.311 e. The molecule has 4 rings (SSSR count). The second-order valence-electron chi connectivity index (χ2n) is 7.23. The molecule has 1 amide bonds. The maximum atomic E-state index is 12.7. The molecule has 0 atom stereocenters. The van der Waals surface area contributed by atoms with Gasteiger partial charge in [-0.25, -0.2) is 4.98 Å². The number of piperidine rings is 1. The molecule has 1 aliphatic rings. The van der Waals surface area contributed by atoms with E-state index in [2.05, 4.69) is 38.5 Å². The zero-order chi connectivity index (χ0) is 19.0. The van der Waals surface area contributed by atoms with Crippen molar-refractivity contribution in [1.82, 2.24) is 20.1 Å². The van der Waals surface area contributed by atoms with Crippen molar-refractivity contribution in [2.24, 2.45) is 5.92 Å².